The molecule has 0 saturated carbocycles. The molecule has 0 spiro atoms. The number of hydrogen-bond donors (Lipinski definition) is 2. The summed E-state index contributed by atoms with van der Waals surface area (Å²) >= 11 is 4.98. The SMILES string of the molecule is CCOC(=O)CCC(=O)NC(=S)Nc1cc([N+](=O)[O-])ccc1OC. The van der Waals surface area contributed by atoms with Crippen LogP contribution in [0.3, 0.4) is 0 Å². The van der Waals surface area contributed by atoms with Crippen LogP contribution in [-0.4, -0.2) is 35.6 Å². The second kappa shape index (κ2) is 9.40. The molecule has 1 rings (SSSR count). The van der Waals surface area contributed by atoms with Gasteiger partial charge in [-0.05, 0) is 25.2 Å². The standard InChI is InChI=1S/C14H17N3O6S/c1-3-23-13(19)7-6-12(18)16-14(24)15-10-8-9(17(20)21)4-5-11(10)22-2/h4-5,8H,3,6-7H2,1-2H3,(H2,15,16,18,24). The van der Waals surface area contributed by atoms with Gasteiger partial charge < -0.3 is 20.1 Å². The van der Waals surface area contributed by atoms with Gasteiger partial charge in [-0.15, -0.1) is 0 Å². The van der Waals surface area contributed by atoms with E-state index in [2.05, 4.69) is 10.6 Å². The zero-order valence-corrected chi connectivity index (χ0v) is 14.0. The van der Waals surface area contributed by atoms with Gasteiger partial charge in [0.15, 0.2) is 5.11 Å². The van der Waals surface area contributed by atoms with Gasteiger partial charge in [0.1, 0.15) is 5.75 Å². The van der Waals surface area contributed by atoms with Gasteiger partial charge in [-0.2, -0.15) is 0 Å². The molecule has 1 aromatic rings. The van der Waals surface area contributed by atoms with E-state index in [1.807, 2.05) is 0 Å². The van der Waals surface area contributed by atoms with Crippen LogP contribution in [0.1, 0.15) is 19.8 Å². The fourth-order valence-corrected chi connectivity index (χ4v) is 1.92. The number of esters is 1. The number of nitrogens with one attached hydrogen (secondary N) is 2. The molecule has 0 fully saturated rings. The summed E-state index contributed by atoms with van der Waals surface area (Å²) in [6, 6.07) is 3.92. The number of nitrogens with zero attached hydrogens (tertiary/aromatic N) is 1. The number of nitro benzene ring substituents is 1. The average Bonchev–Trinajstić information content (AvgIpc) is 2.53. The third kappa shape index (κ3) is 6.16. The van der Waals surface area contributed by atoms with Crippen LogP contribution in [0, 0.1) is 10.1 Å². The summed E-state index contributed by atoms with van der Waals surface area (Å²) in [7, 11) is 1.40. The molecule has 0 aliphatic heterocycles. The second-order valence-corrected chi connectivity index (χ2v) is 4.86. The highest BCUT2D eigenvalue weighted by Gasteiger charge is 2.14. The molecule has 10 heteroatoms. The van der Waals surface area contributed by atoms with E-state index in [1.54, 1.807) is 6.92 Å². The van der Waals surface area contributed by atoms with Crippen LogP contribution in [0.15, 0.2) is 18.2 Å². The van der Waals surface area contributed by atoms with Gasteiger partial charge in [-0.3, -0.25) is 19.7 Å². The molecule has 0 unspecified atom stereocenters. The molecular formula is C14H17N3O6S. The quantitative estimate of drug-likeness (QED) is 0.329. The minimum Gasteiger partial charge on any atom is -0.495 e. The highest BCUT2D eigenvalue weighted by molar-refractivity contribution is 7.80. The summed E-state index contributed by atoms with van der Waals surface area (Å²) in [5, 5.41) is 15.8. The number of non-ortho nitro benzene ring substituents is 1. The molecule has 0 heterocycles. The molecule has 2 N–H and O–H groups in total. The number of benzene rings is 1. The van der Waals surface area contributed by atoms with E-state index in [1.165, 1.54) is 25.3 Å². The van der Waals surface area contributed by atoms with Crippen LogP contribution < -0.4 is 15.4 Å². The lowest BCUT2D eigenvalue weighted by molar-refractivity contribution is -0.384. The monoisotopic (exact) mass is 355 g/mol. The zero-order valence-electron chi connectivity index (χ0n) is 13.2. The molecule has 0 bridgehead atoms. The maximum atomic E-state index is 11.7. The average molecular weight is 355 g/mol. The first-order valence-electron chi connectivity index (χ1n) is 6.96. The van der Waals surface area contributed by atoms with E-state index < -0.39 is 16.8 Å². The van der Waals surface area contributed by atoms with E-state index >= 15 is 0 Å². The predicted octanol–water partition coefficient (Wildman–Crippen LogP) is 1.76. The van der Waals surface area contributed by atoms with Gasteiger partial charge in [0, 0.05) is 18.6 Å². The third-order valence-electron chi connectivity index (χ3n) is 2.76. The fraction of sp³-hybridized carbons (Fsp3) is 0.357. The van der Waals surface area contributed by atoms with Crippen molar-refractivity contribution in [3.8, 4) is 5.75 Å². The minimum atomic E-state index is -0.564. The number of anilines is 1. The molecular weight excluding hydrogens is 338 g/mol. The highest BCUT2D eigenvalue weighted by Crippen LogP contribution is 2.28. The van der Waals surface area contributed by atoms with Crippen molar-refractivity contribution in [2.75, 3.05) is 19.0 Å². The summed E-state index contributed by atoms with van der Waals surface area (Å²) in [5.41, 5.74) is 0.0807. The highest BCUT2D eigenvalue weighted by atomic mass is 32.1. The number of thiocarbonyl (C=S) groups is 1. The number of carbonyl (C=O) groups is 2. The molecule has 1 aromatic carbocycles. The molecule has 130 valence electrons. The summed E-state index contributed by atoms with van der Waals surface area (Å²) in [4.78, 5) is 33.1. The van der Waals surface area contributed by atoms with Gasteiger partial charge in [-0.1, -0.05) is 0 Å². The number of amides is 1. The predicted molar refractivity (Wildman–Crippen MR) is 89.9 cm³/mol. The molecule has 0 aromatic heterocycles. The van der Waals surface area contributed by atoms with Gasteiger partial charge in [-0.25, -0.2) is 0 Å². The second-order valence-electron chi connectivity index (χ2n) is 4.45. The summed E-state index contributed by atoms with van der Waals surface area (Å²) in [6.07, 6.45) is -0.158. The normalized spacial score (nSPS) is 9.75. The van der Waals surface area contributed by atoms with Crippen molar-refractivity contribution in [3.63, 3.8) is 0 Å². The van der Waals surface area contributed by atoms with Crippen molar-refractivity contribution >= 4 is 40.6 Å². The lowest BCUT2D eigenvalue weighted by Gasteiger charge is -2.12. The van der Waals surface area contributed by atoms with Crippen LogP contribution in [0.4, 0.5) is 11.4 Å². The van der Waals surface area contributed by atoms with Crippen molar-refractivity contribution in [1.29, 1.82) is 0 Å². The van der Waals surface area contributed by atoms with Crippen LogP contribution in [0.25, 0.3) is 0 Å². The Morgan fingerprint density at radius 3 is 2.62 bits per heavy atom. The number of rotatable bonds is 7. The van der Waals surface area contributed by atoms with Crippen molar-refractivity contribution in [2.45, 2.75) is 19.8 Å². The van der Waals surface area contributed by atoms with Gasteiger partial charge in [0.2, 0.25) is 5.91 Å². The number of methoxy groups -OCH3 is 1. The molecule has 24 heavy (non-hydrogen) atoms. The Kier molecular flexibility index (Phi) is 7.56. The summed E-state index contributed by atoms with van der Waals surface area (Å²) < 4.78 is 9.78. The first-order chi connectivity index (χ1) is 11.4. The topological polar surface area (TPSA) is 120 Å². The molecule has 0 aliphatic carbocycles. The maximum Gasteiger partial charge on any atom is 0.306 e. The van der Waals surface area contributed by atoms with E-state index in [9.17, 15) is 19.7 Å². The summed E-state index contributed by atoms with van der Waals surface area (Å²) in [5.74, 6) is -0.638. The van der Waals surface area contributed by atoms with E-state index in [0.29, 0.717) is 5.75 Å². The fourth-order valence-electron chi connectivity index (χ4n) is 1.70. The smallest absolute Gasteiger partial charge is 0.306 e. The van der Waals surface area contributed by atoms with Crippen molar-refractivity contribution in [2.24, 2.45) is 0 Å². The first-order valence-corrected chi connectivity index (χ1v) is 7.37. The molecule has 1 amide bonds. The minimum absolute atomic E-state index is 0.0670. The van der Waals surface area contributed by atoms with Crippen molar-refractivity contribution in [1.82, 2.24) is 5.32 Å². The Balaban J connectivity index is 2.64. The molecule has 0 radical (unpaired) electrons. The molecule has 0 saturated heterocycles. The summed E-state index contributed by atoms with van der Waals surface area (Å²) in [6.45, 7) is 1.91. The Hall–Kier alpha value is -2.75. The Morgan fingerprint density at radius 1 is 1.33 bits per heavy atom. The van der Waals surface area contributed by atoms with Gasteiger partial charge in [0.25, 0.3) is 5.69 Å². The number of ether oxygens (including phenoxy) is 2. The van der Waals surface area contributed by atoms with Crippen LogP contribution in [0.5, 0.6) is 5.75 Å². The van der Waals surface area contributed by atoms with E-state index in [0.717, 1.165) is 0 Å². The van der Waals surface area contributed by atoms with Crippen molar-refractivity contribution in [3.05, 3.63) is 28.3 Å². The van der Waals surface area contributed by atoms with Gasteiger partial charge >= 0.3 is 5.97 Å². The van der Waals surface area contributed by atoms with Gasteiger partial charge in [0.05, 0.1) is 30.7 Å². The van der Waals surface area contributed by atoms with Crippen LogP contribution in [0.2, 0.25) is 0 Å². The third-order valence-corrected chi connectivity index (χ3v) is 2.96. The molecule has 9 nitrogen and oxygen atoms in total. The lowest BCUT2D eigenvalue weighted by atomic mass is 10.2. The van der Waals surface area contributed by atoms with Crippen LogP contribution >= 0.6 is 12.2 Å². The Labute approximate surface area is 143 Å². The van der Waals surface area contributed by atoms with Crippen molar-refractivity contribution < 1.29 is 24.0 Å². The first kappa shape index (κ1) is 19.3. The number of hydrogen-bond acceptors (Lipinski definition) is 7. The van der Waals surface area contributed by atoms with E-state index in [-0.39, 0.29) is 35.9 Å². The Bertz CT molecular complexity index is 649. The molecule has 0 atom stereocenters. The zero-order chi connectivity index (χ0) is 18.1. The molecule has 0 aliphatic rings. The van der Waals surface area contributed by atoms with Crippen LogP contribution in [-0.2, 0) is 14.3 Å². The Morgan fingerprint density at radius 2 is 2.04 bits per heavy atom. The number of carbonyl (C=O) groups excluding carboxylic acids is 2. The largest absolute Gasteiger partial charge is 0.495 e. The van der Waals surface area contributed by atoms with E-state index in [4.69, 9.17) is 21.7 Å². The number of nitro groups is 1. The maximum absolute atomic E-state index is 11.7. The lowest BCUT2D eigenvalue weighted by Crippen LogP contribution is -2.34.